The van der Waals surface area contributed by atoms with Gasteiger partial charge >= 0.3 is 0 Å². The molecular formula is C5H5NOS. The summed E-state index contributed by atoms with van der Waals surface area (Å²) in [5.41, 5.74) is 0. The molecule has 0 amide bonds. The molecule has 0 aromatic rings. The highest BCUT2D eigenvalue weighted by Gasteiger charge is 2.08. The molecule has 0 N–H and O–H groups in total. The summed E-state index contributed by atoms with van der Waals surface area (Å²) in [6, 6.07) is 0. The lowest BCUT2D eigenvalue weighted by Crippen LogP contribution is -2.11. The van der Waals surface area contributed by atoms with E-state index in [0.717, 1.165) is 0 Å². The van der Waals surface area contributed by atoms with Crippen molar-refractivity contribution in [1.82, 2.24) is 0 Å². The molecule has 2 nitrogen and oxygen atoms in total. The van der Waals surface area contributed by atoms with Gasteiger partial charge < -0.3 is 0 Å². The van der Waals surface area contributed by atoms with Gasteiger partial charge in [-0.05, 0) is 12.2 Å². The van der Waals surface area contributed by atoms with Crippen LogP contribution >= 0.6 is 12.6 Å². The molecule has 8 heavy (non-hydrogen) atoms. The molecular weight excluding hydrogens is 122 g/mol. The maximum absolute atomic E-state index is 10.5. The Kier molecular flexibility index (Phi) is 1.48. The molecule has 0 saturated heterocycles. The number of nitrogens with zero attached hydrogens (tertiary/aromatic N) is 1. The first-order valence-electron chi connectivity index (χ1n) is 2.22. The predicted octanol–water partition coefficient (Wildman–Crippen LogP) is 0.452. The van der Waals surface area contributed by atoms with E-state index >= 15 is 0 Å². The van der Waals surface area contributed by atoms with Gasteiger partial charge in [-0.3, -0.25) is 9.79 Å². The third kappa shape index (κ3) is 0.980. The third-order valence-corrected chi connectivity index (χ3v) is 1.22. The topological polar surface area (TPSA) is 29.4 Å². The van der Waals surface area contributed by atoms with Crippen LogP contribution in [0.2, 0.25) is 0 Å². The number of thiol groups is 1. The summed E-state index contributed by atoms with van der Waals surface area (Å²) >= 11 is 3.86. The second-order valence-corrected chi connectivity index (χ2v) is 1.92. The third-order valence-electron chi connectivity index (χ3n) is 0.828. The molecule has 0 radical (unpaired) electrons. The van der Waals surface area contributed by atoms with Gasteiger partial charge in [0.15, 0.2) is 11.2 Å². The zero-order valence-electron chi connectivity index (χ0n) is 4.11. The molecule has 0 aromatic carbocycles. The Morgan fingerprint density at radius 1 is 1.75 bits per heavy atom. The van der Waals surface area contributed by atoms with E-state index in [4.69, 9.17) is 0 Å². The van der Waals surface area contributed by atoms with Crippen molar-refractivity contribution in [2.45, 2.75) is 5.37 Å². The number of rotatable bonds is 0. The lowest BCUT2D eigenvalue weighted by atomic mass is 10.3. The minimum atomic E-state index is -0.458. The molecule has 1 aliphatic rings. The van der Waals surface area contributed by atoms with Crippen LogP contribution in [0.5, 0.6) is 0 Å². The van der Waals surface area contributed by atoms with Gasteiger partial charge in [-0.2, -0.15) is 0 Å². The van der Waals surface area contributed by atoms with Crippen molar-refractivity contribution in [2.75, 3.05) is 0 Å². The molecule has 1 aliphatic heterocycles. The Hall–Kier alpha value is -0.570. The van der Waals surface area contributed by atoms with Gasteiger partial charge in [0.1, 0.15) is 0 Å². The number of aliphatic imine (C=N–C) groups is 1. The molecule has 1 rings (SSSR count). The number of dihydropyridines is 1. The summed E-state index contributed by atoms with van der Waals surface area (Å²) in [7, 11) is 0. The number of carbonyl (C=O) groups excluding carboxylic acids is 1. The van der Waals surface area contributed by atoms with Crippen LogP contribution in [-0.2, 0) is 4.79 Å². The van der Waals surface area contributed by atoms with Gasteiger partial charge in [0.25, 0.3) is 0 Å². The largest absolute Gasteiger partial charge is 0.291 e. The first kappa shape index (κ1) is 5.56. The maximum Gasteiger partial charge on any atom is 0.190 e. The molecule has 3 heteroatoms. The fraction of sp³-hybridized carbons (Fsp3) is 0.200. The van der Waals surface area contributed by atoms with E-state index in [2.05, 4.69) is 17.6 Å². The maximum atomic E-state index is 10.5. The average molecular weight is 127 g/mol. The highest BCUT2D eigenvalue weighted by Crippen LogP contribution is 2.01. The van der Waals surface area contributed by atoms with E-state index in [1.807, 2.05) is 0 Å². The van der Waals surface area contributed by atoms with Gasteiger partial charge in [0, 0.05) is 6.21 Å². The van der Waals surface area contributed by atoms with Crippen LogP contribution in [0.4, 0.5) is 0 Å². The van der Waals surface area contributed by atoms with Crippen molar-refractivity contribution in [3.05, 3.63) is 12.2 Å². The van der Waals surface area contributed by atoms with Gasteiger partial charge in [0.05, 0.1) is 0 Å². The van der Waals surface area contributed by atoms with Crippen molar-refractivity contribution >= 4 is 24.6 Å². The lowest BCUT2D eigenvalue weighted by molar-refractivity contribution is -0.114. The molecule has 0 saturated carbocycles. The van der Waals surface area contributed by atoms with Crippen molar-refractivity contribution in [2.24, 2.45) is 4.99 Å². The Morgan fingerprint density at radius 2 is 2.50 bits per heavy atom. The molecule has 1 heterocycles. The Balaban J connectivity index is 2.74. The molecule has 0 bridgehead atoms. The van der Waals surface area contributed by atoms with Gasteiger partial charge in [0.2, 0.25) is 0 Å². The number of hydrogen-bond donors (Lipinski definition) is 1. The standard InChI is InChI=1S/C5H5NOS/c7-4-2-1-3-6-5(4)8/h1-3,5,8H. The summed E-state index contributed by atoms with van der Waals surface area (Å²) in [4.78, 5) is 14.2. The van der Waals surface area contributed by atoms with Crippen molar-refractivity contribution < 1.29 is 4.79 Å². The Bertz CT molecular complexity index is 162. The minimum Gasteiger partial charge on any atom is -0.291 e. The molecule has 0 fully saturated rings. The quantitative estimate of drug-likeness (QED) is 0.470. The fourth-order valence-electron chi connectivity index (χ4n) is 0.429. The lowest BCUT2D eigenvalue weighted by Gasteiger charge is -2.00. The Morgan fingerprint density at radius 3 is 2.88 bits per heavy atom. The van der Waals surface area contributed by atoms with Crippen LogP contribution in [0.1, 0.15) is 0 Å². The smallest absolute Gasteiger partial charge is 0.190 e. The number of hydrogen-bond acceptors (Lipinski definition) is 3. The molecule has 1 unspecified atom stereocenters. The second kappa shape index (κ2) is 2.13. The summed E-state index contributed by atoms with van der Waals surface area (Å²) in [6.45, 7) is 0. The predicted molar refractivity (Wildman–Crippen MR) is 35.4 cm³/mol. The van der Waals surface area contributed by atoms with Gasteiger partial charge in [-0.25, -0.2) is 0 Å². The fourth-order valence-corrected chi connectivity index (χ4v) is 0.592. The summed E-state index contributed by atoms with van der Waals surface area (Å²) in [5.74, 6) is -0.0455. The van der Waals surface area contributed by atoms with E-state index in [1.54, 1.807) is 12.3 Å². The number of carbonyl (C=O) groups is 1. The van der Waals surface area contributed by atoms with Crippen LogP contribution in [0, 0.1) is 0 Å². The van der Waals surface area contributed by atoms with Crippen LogP contribution in [0.3, 0.4) is 0 Å². The van der Waals surface area contributed by atoms with Gasteiger partial charge in [-0.1, -0.05) is 0 Å². The molecule has 0 aromatic heterocycles. The minimum absolute atomic E-state index is 0.0455. The SMILES string of the molecule is O=C1C=CC=NC1S. The molecule has 1 atom stereocenters. The van der Waals surface area contributed by atoms with Crippen LogP contribution < -0.4 is 0 Å². The van der Waals surface area contributed by atoms with Crippen molar-refractivity contribution in [3.63, 3.8) is 0 Å². The summed E-state index contributed by atoms with van der Waals surface area (Å²) in [5, 5.41) is -0.458. The highest BCUT2D eigenvalue weighted by atomic mass is 32.1. The summed E-state index contributed by atoms with van der Waals surface area (Å²) in [6.07, 6.45) is 4.64. The Labute approximate surface area is 52.7 Å². The number of allylic oxidation sites excluding steroid dienone is 1. The molecule has 0 spiro atoms. The van der Waals surface area contributed by atoms with Crippen LogP contribution in [0.15, 0.2) is 17.1 Å². The van der Waals surface area contributed by atoms with Crippen LogP contribution in [0.25, 0.3) is 0 Å². The normalized spacial score (nSPS) is 26.6. The van der Waals surface area contributed by atoms with E-state index in [0.29, 0.717) is 0 Å². The highest BCUT2D eigenvalue weighted by molar-refractivity contribution is 7.81. The van der Waals surface area contributed by atoms with Crippen molar-refractivity contribution in [1.29, 1.82) is 0 Å². The van der Waals surface area contributed by atoms with E-state index in [9.17, 15) is 4.79 Å². The second-order valence-electron chi connectivity index (χ2n) is 1.43. The summed E-state index contributed by atoms with van der Waals surface area (Å²) < 4.78 is 0. The first-order valence-corrected chi connectivity index (χ1v) is 2.74. The zero-order chi connectivity index (χ0) is 5.98. The van der Waals surface area contributed by atoms with E-state index in [-0.39, 0.29) is 5.78 Å². The first-order chi connectivity index (χ1) is 3.80. The van der Waals surface area contributed by atoms with Gasteiger partial charge in [-0.15, -0.1) is 12.6 Å². The van der Waals surface area contributed by atoms with Crippen molar-refractivity contribution in [3.8, 4) is 0 Å². The van der Waals surface area contributed by atoms with Crippen LogP contribution in [-0.4, -0.2) is 17.4 Å². The number of ketones is 1. The molecule has 42 valence electrons. The van der Waals surface area contributed by atoms with E-state index < -0.39 is 5.37 Å². The molecule has 0 aliphatic carbocycles. The average Bonchev–Trinajstić information content (AvgIpc) is 1.77. The zero-order valence-corrected chi connectivity index (χ0v) is 5.01. The monoisotopic (exact) mass is 127 g/mol. The van der Waals surface area contributed by atoms with E-state index in [1.165, 1.54) is 6.08 Å².